The molecule has 1 saturated heterocycles. The van der Waals surface area contributed by atoms with Gasteiger partial charge >= 0.3 is 0 Å². The van der Waals surface area contributed by atoms with Crippen LogP contribution in [-0.2, 0) is 6.54 Å². The number of hydrogen-bond acceptors (Lipinski definition) is 7. The van der Waals surface area contributed by atoms with Crippen LogP contribution >= 0.6 is 11.3 Å². The standard InChI is InChI=1S/C22H23N5O3S/c1-15-6-10-26(11-7-15)20-3-2-17(27(29)30)12-18(20)22(28)24-13-21-25-19(14-31-21)16-4-8-23-9-5-16/h2-5,8-9,12,14-15H,6-7,10-11,13H2,1H3,(H,24,28). The number of pyridine rings is 1. The van der Waals surface area contributed by atoms with E-state index in [9.17, 15) is 14.9 Å². The zero-order chi connectivity index (χ0) is 21.8. The second-order valence-corrected chi connectivity index (χ2v) is 8.62. The molecule has 0 saturated carbocycles. The number of amides is 1. The molecule has 9 heteroatoms. The topological polar surface area (TPSA) is 101 Å². The van der Waals surface area contributed by atoms with Gasteiger partial charge in [-0.3, -0.25) is 19.9 Å². The second kappa shape index (κ2) is 9.22. The summed E-state index contributed by atoms with van der Waals surface area (Å²) in [5, 5.41) is 16.9. The quantitative estimate of drug-likeness (QED) is 0.456. The van der Waals surface area contributed by atoms with Crippen LogP contribution in [0.2, 0.25) is 0 Å². The molecule has 0 atom stereocenters. The van der Waals surface area contributed by atoms with Gasteiger partial charge in [0.25, 0.3) is 11.6 Å². The predicted octanol–water partition coefficient (Wildman–Crippen LogP) is 4.28. The van der Waals surface area contributed by atoms with E-state index in [1.54, 1.807) is 18.5 Å². The average molecular weight is 438 g/mol. The minimum atomic E-state index is -0.472. The van der Waals surface area contributed by atoms with Crippen LogP contribution in [0.4, 0.5) is 11.4 Å². The molecule has 4 rings (SSSR count). The van der Waals surface area contributed by atoms with Crippen LogP contribution in [0.3, 0.4) is 0 Å². The van der Waals surface area contributed by atoms with Crippen LogP contribution in [0.1, 0.15) is 35.1 Å². The maximum absolute atomic E-state index is 13.0. The van der Waals surface area contributed by atoms with Gasteiger partial charge < -0.3 is 10.2 Å². The number of benzene rings is 1. The molecule has 160 valence electrons. The number of nitro groups is 1. The molecule has 3 aromatic rings. The van der Waals surface area contributed by atoms with Gasteiger partial charge in [0.05, 0.1) is 28.4 Å². The Labute approximate surface area is 184 Å². The van der Waals surface area contributed by atoms with Gasteiger partial charge in [-0.05, 0) is 37.0 Å². The first-order valence-electron chi connectivity index (χ1n) is 10.2. The molecule has 1 fully saturated rings. The van der Waals surface area contributed by atoms with Gasteiger partial charge in [0.1, 0.15) is 5.01 Å². The van der Waals surface area contributed by atoms with Crippen molar-refractivity contribution >= 4 is 28.6 Å². The number of carbonyl (C=O) groups is 1. The molecule has 3 heterocycles. The summed E-state index contributed by atoms with van der Waals surface area (Å²) in [6.45, 7) is 4.14. The monoisotopic (exact) mass is 437 g/mol. The van der Waals surface area contributed by atoms with Crippen molar-refractivity contribution in [3.05, 3.63) is 68.8 Å². The summed E-state index contributed by atoms with van der Waals surface area (Å²) in [6, 6.07) is 8.28. The van der Waals surface area contributed by atoms with E-state index >= 15 is 0 Å². The Morgan fingerprint density at radius 3 is 2.71 bits per heavy atom. The number of nitro benzene ring substituents is 1. The Balaban J connectivity index is 1.51. The number of piperidine rings is 1. The van der Waals surface area contributed by atoms with Crippen molar-refractivity contribution in [2.24, 2.45) is 5.92 Å². The van der Waals surface area contributed by atoms with E-state index in [0.717, 1.165) is 47.9 Å². The number of nitrogens with one attached hydrogen (secondary N) is 1. The Morgan fingerprint density at radius 1 is 1.26 bits per heavy atom. The van der Waals surface area contributed by atoms with E-state index in [0.29, 0.717) is 11.5 Å². The molecule has 0 unspecified atom stereocenters. The van der Waals surface area contributed by atoms with Crippen molar-refractivity contribution in [1.82, 2.24) is 15.3 Å². The van der Waals surface area contributed by atoms with Crippen molar-refractivity contribution < 1.29 is 9.72 Å². The van der Waals surface area contributed by atoms with Crippen molar-refractivity contribution in [3.63, 3.8) is 0 Å². The van der Waals surface area contributed by atoms with Gasteiger partial charge in [0.15, 0.2) is 0 Å². The Hall–Kier alpha value is -3.33. The molecule has 0 radical (unpaired) electrons. The van der Waals surface area contributed by atoms with Crippen molar-refractivity contribution in [2.75, 3.05) is 18.0 Å². The fraction of sp³-hybridized carbons (Fsp3) is 0.318. The number of hydrogen-bond donors (Lipinski definition) is 1. The number of anilines is 1. The van der Waals surface area contributed by atoms with E-state index in [1.807, 2.05) is 17.5 Å². The van der Waals surface area contributed by atoms with Gasteiger partial charge in [-0.2, -0.15) is 0 Å². The van der Waals surface area contributed by atoms with Crippen LogP contribution < -0.4 is 10.2 Å². The molecule has 2 aromatic heterocycles. The minimum Gasteiger partial charge on any atom is -0.371 e. The highest BCUT2D eigenvalue weighted by Crippen LogP contribution is 2.29. The maximum Gasteiger partial charge on any atom is 0.270 e. The van der Waals surface area contributed by atoms with E-state index in [1.165, 1.54) is 23.5 Å². The first kappa shape index (κ1) is 20.9. The number of nitrogens with zero attached hydrogens (tertiary/aromatic N) is 4. The van der Waals surface area contributed by atoms with Crippen LogP contribution in [0.15, 0.2) is 48.1 Å². The van der Waals surface area contributed by atoms with Gasteiger partial charge in [0, 0.05) is 48.6 Å². The fourth-order valence-electron chi connectivity index (χ4n) is 3.64. The molecule has 31 heavy (non-hydrogen) atoms. The summed E-state index contributed by atoms with van der Waals surface area (Å²) < 4.78 is 0. The summed E-state index contributed by atoms with van der Waals surface area (Å²) in [5.74, 6) is 0.309. The lowest BCUT2D eigenvalue weighted by atomic mass is 9.98. The predicted molar refractivity (Wildman–Crippen MR) is 120 cm³/mol. The zero-order valence-corrected chi connectivity index (χ0v) is 18.0. The SMILES string of the molecule is CC1CCN(c2ccc([N+](=O)[O-])cc2C(=O)NCc2nc(-c3ccncc3)cs2)CC1. The van der Waals surface area contributed by atoms with E-state index in [-0.39, 0.29) is 18.1 Å². The third-order valence-corrected chi connectivity index (χ3v) is 6.34. The molecular formula is C22H23N5O3S. The maximum atomic E-state index is 13.0. The highest BCUT2D eigenvalue weighted by molar-refractivity contribution is 7.09. The van der Waals surface area contributed by atoms with Gasteiger partial charge in [-0.25, -0.2) is 4.98 Å². The molecule has 8 nitrogen and oxygen atoms in total. The summed E-state index contributed by atoms with van der Waals surface area (Å²) >= 11 is 1.46. The van der Waals surface area contributed by atoms with E-state index < -0.39 is 4.92 Å². The smallest absolute Gasteiger partial charge is 0.270 e. The Bertz CT molecular complexity index is 1080. The lowest BCUT2D eigenvalue weighted by molar-refractivity contribution is -0.384. The molecule has 0 bridgehead atoms. The molecule has 1 amide bonds. The lowest BCUT2D eigenvalue weighted by Crippen LogP contribution is -2.35. The molecule has 1 aliphatic rings. The molecular weight excluding hydrogens is 414 g/mol. The number of carbonyl (C=O) groups excluding carboxylic acids is 1. The summed E-state index contributed by atoms with van der Waals surface area (Å²) in [7, 11) is 0. The number of non-ortho nitro benzene ring substituents is 1. The molecule has 0 aliphatic carbocycles. The highest BCUT2D eigenvalue weighted by Gasteiger charge is 2.23. The first-order valence-corrected chi connectivity index (χ1v) is 11.1. The second-order valence-electron chi connectivity index (χ2n) is 7.67. The fourth-order valence-corrected chi connectivity index (χ4v) is 4.39. The van der Waals surface area contributed by atoms with Crippen molar-refractivity contribution in [3.8, 4) is 11.3 Å². The van der Waals surface area contributed by atoms with E-state index in [4.69, 9.17) is 0 Å². The zero-order valence-electron chi connectivity index (χ0n) is 17.2. The molecule has 1 N–H and O–H groups in total. The summed E-state index contributed by atoms with van der Waals surface area (Å²) in [6.07, 6.45) is 5.49. The molecule has 1 aliphatic heterocycles. The van der Waals surface area contributed by atoms with Crippen molar-refractivity contribution in [2.45, 2.75) is 26.3 Å². The summed E-state index contributed by atoms with van der Waals surface area (Å²) in [5.41, 5.74) is 2.77. The van der Waals surface area contributed by atoms with Gasteiger partial charge in [0.2, 0.25) is 0 Å². The van der Waals surface area contributed by atoms with Crippen LogP contribution in [0.25, 0.3) is 11.3 Å². The lowest BCUT2D eigenvalue weighted by Gasteiger charge is -2.33. The number of rotatable bonds is 6. The summed E-state index contributed by atoms with van der Waals surface area (Å²) in [4.78, 5) is 34.5. The minimum absolute atomic E-state index is 0.0894. The largest absolute Gasteiger partial charge is 0.371 e. The third kappa shape index (κ3) is 4.88. The Morgan fingerprint density at radius 2 is 2.00 bits per heavy atom. The number of aromatic nitrogens is 2. The van der Waals surface area contributed by atoms with Gasteiger partial charge in [-0.15, -0.1) is 11.3 Å². The third-order valence-electron chi connectivity index (χ3n) is 5.49. The van der Waals surface area contributed by atoms with Crippen LogP contribution in [-0.4, -0.2) is 33.9 Å². The Kier molecular flexibility index (Phi) is 6.22. The van der Waals surface area contributed by atoms with Crippen molar-refractivity contribution in [1.29, 1.82) is 0 Å². The average Bonchev–Trinajstić information content (AvgIpc) is 3.27. The first-order chi connectivity index (χ1) is 15.0. The molecule has 1 aromatic carbocycles. The van der Waals surface area contributed by atoms with Crippen LogP contribution in [0, 0.1) is 16.0 Å². The van der Waals surface area contributed by atoms with Gasteiger partial charge in [-0.1, -0.05) is 6.92 Å². The van der Waals surface area contributed by atoms with E-state index in [2.05, 4.69) is 27.1 Å². The van der Waals surface area contributed by atoms with Crippen LogP contribution in [0.5, 0.6) is 0 Å². The normalized spacial score (nSPS) is 14.4. The number of thiazole rings is 1. The highest BCUT2D eigenvalue weighted by atomic mass is 32.1. The molecule has 0 spiro atoms.